The van der Waals surface area contributed by atoms with Crippen LogP contribution in [0.4, 0.5) is 18.0 Å². The smallest absolute Gasteiger partial charge is 0.407 e. The highest BCUT2D eigenvalue weighted by molar-refractivity contribution is 5.67. The average Bonchev–Trinajstić information content (AvgIpc) is 2.33. The third-order valence-corrected chi connectivity index (χ3v) is 3.85. The number of halogens is 3. The van der Waals surface area contributed by atoms with E-state index in [4.69, 9.17) is 4.74 Å². The molecule has 0 radical (unpaired) electrons. The molecule has 0 aromatic carbocycles. The number of ether oxygens (including phenoxy) is 1. The van der Waals surface area contributed by atoms with Gasteiger partial charge in [0, 0.05) is 18.6 Å². The Morgan fingerprint density at radius 3 is 2.39 bits per heavy atom. The summed E-state index contributed by atoms with van der Waals surface area (Å²) in [6, 6.07) is -0.627. The maximum absolute atomic E-state index is 12.5. The lowest BCUT2D eigenvalue weighted by Crippen LogP contribution is -2.48. The highest BCUT2D eigenvalue weighted by atomic mass is 19.4. The molecular weight excluding hydrogens is 309 g/mol. The molecule has 23 heavy (non-hydrogen) atoms. The van der Waals surface area contributed by atoms with E-state index in [1.165, 1.54) is 0 Å². The van der Waals surface area contributed by atoms with Gasteiger partial charge in [0.15, 0.2) is 0 Å². The van der Waals surface area contributed by atoms with Gasteiger partial charge in [-0.25, -0.2) is 4.79 Å². The molecule has 0 aromatic heterocycles. The second-order valence-electron chi connectivity index (χ2n) is 7.42. The number of alkyl carbamates (subject to hydrolysis) is 1. The third-order valence-electron chi connectivity index (χ3n) is 3.85. The number of alkyl halides is 3. The largest absolute Gasteiger partial charge is 0.444 e. The highest BCUT2D eigenvalue weighted by Gasteiger charge is 2.33. The van der Waals surface area contributed by atoms with E-state index in [-0.39, 0.29) is 12.0 Å². The molecule has 0 saturated heterocycles. The van der Waals surface area contributed by atoms with Gasteiger partial charge >= 0.3 is 12.3 Å². The van der Waals surface area contributed by atoms with Crippen LogP contribution in [0, 0.1) is 5.92 Å². The molecule has 0 heterocycles. The number of hydrogen-bond donors (Lipinski definition) is 2. The molecular formula is C16H29F3N2O2. The van der Waals surface area contributed by atoms with Crippen LogP contribution in [0.1, 0.15) is 59.8 Å². The Bertz CT molecular complexity index is 381. The first-order valence-corrected chi connectivity index (χ1v) is 8.26. The van der Waals surface area contributed by atoms with Gasteiger partial charge in [0.2, 0.25) is 0 Å². The summed E-state index contributed by atoms with van der Waals surface area (Å²) in [6.07, 6.45) is -1.72. The molecule has 136 valence electrons. The lowest BCUT2D eigenvalue weighted by atomic mass is 9.84. The number of carbonyl (C=O) groups is 1. The standard InChI is InChI=1S/C16H29F3N2O2/c1-11(9-16(17,18)19)21-13-8-6-5-7-12(13)10-20-14(22)23-15(2,3)4/h11-13,21H,5-10H2,1-4H3,(H,20,22). The van der Waals surface area contributed by atoms with Gasteiger partial charge < -0.3 is 15.4 Å². The van der Waals surface area contributed by atoms with E-state index in [9.17, 15) is 18.0 Å². The summed E-state index contributed by atoms with van der Waals surface area (Å²) in [5.74, 6) is 0.131. The first-order valence-electron chi connectivity index (χ1n) is 8.26. The molecule has 1 aliphatic rings. The maximum atomic E-state index is 12.5. The van der Waals surface area contributed by atoms with Crippen LogP contribution in [0.15, 0.2) is 0 Å². The summed E-state index contributed by atoms with van der Waals surface area (Å²) in [5, 5.41) is 5.82. The molecule has 1 amide bonds. The van der Waals surface area contributed by atoms with E-state index < -0.39 is 30.3 Å². The van der Waals surface area contributed by atoms with Crippen molar-refractivity contribution in [3.63, 3.8) is 0 Å². The van der Waals surface area contributed by atoms with E-state index in [0.717, 1.165) is 25.7 Å². The van der Waals surface area contributed by atoms with Crippen molar-refractivity contribution in [2.24, 2.45) is 5.92 Å². The lowest BCUT2D eigenvalue weighted by Gasteiger charge is -2.35. The van der Waals surface area contributed by atoms with Gasteiger partial charge in [0.05, 0.1) is 6.42 Å². The molecule has 7 heteroatoms. The molecule has 2 N–H and O–H groups in total. The Morgan fingerprint density at radius 1 is 1.22 bits per heavy atom. The first-order chi connectivity index (χ1) is 10.5. The maximum Gasteiger partial charge on any atom is 0.407 e. The first kappa shape index (κ1) is 20.1. The van der Waals surface area contributed by atoms with E-state index in [1.54, 1.807) is 27.7 Å². The quantitative estimate of drug-likeness (QED) is 0.796. The van der Waals surface area contributed by atoms with Crippen molar-refractivity contribution in [3.8, 4) is 0 Å². The van der Waals surface area contributed by atoms with Crippen molar-refractivity contribution >= 4 is 6.09 Å². The zero-order valence-electron chi connectivity index (χ0n) is 14.4. The second kappa shape index (κ2) is 8.22. The van der Waals surface area contributed by atoms with E-state index in [0.29, 0.717) is 6.54 Å². The number of rotatable bonds is 5. The fourth-order valence-corrected chi connectivity index (χ4v) is 2.97. The van der Waals surface area contributed by atoms with Gasteiger partial charge in [-0.05, 0) is 46.5 Å². The van der Waals surface area contributed by atoms with Crippen molar-refractivity contribution in [2.45, 2.75) is 83.7 Å². The normalized spacial score (nSPS) is 24.1. The van der Waals surface area contributed by atoms with Gasteiger partial charge in [-0.3, -0.25) is 0 Å². The molecule has 0 aromatic rings. The molecule has 1 saturated carbocycles. The molecule has 3 atom stereocenters. The SMILES string of the molecule is CC(CC(F)(F)F)NC1CCCCC1CNC(=O)OC(C)(C)C. The minimum absolute atomic E-state index is 0.00367. The van der Waals surface area contributed by atoms with Crippen molar-refractivity contribution < 1.29 is 22.7 Å². The Kier molecular flexibility index (Phi) is 7.17. The highest BCUT2D eigenvalue weighted by Crippen LogP contribution is 2.27. The van der Waals surface area contributed by atoms with Gasteiger partial charge in [-0.15, -0.1) is 0 Å². The van der Waals surface area contributed by atoms with E-state index in [1.807, 2.05) is 0 Å². The predicted molar refractivity (Wildman–Crippen MR) is 83.3 cm³/mol. The predicted octanol–water partition coefficient (Wildman–Crippen LogP) is 4.00. The molecule has 1 aliphatic carbocycles. The van der Waals surface area contributed by atoms with Crippen LogP contribution in [-0.2, 0) is 4.74 Å². The fraction of sp³-hybridized carbons (Fsp3) is 0.938. The summed E-state index contributed by atoms with van der Waals surface area (Å²) >= 11 is 0. The second-order valence-corrected chi connectivity index (χ2v) is 7.42. The summed E-state index contributed by atoms with van der Waals surface area (Å²) in [5.41, 5.74) is -0.560. The van der Waals surface area contributed by atoms with Crippen LogP contribution in [0.2, 0.25) is 0 Å². The van der Waals surface area contributed by atoms with E-state index in [2.05, 4.69) is 10.6 Å². The van der Waals surface area contributed by atoms with Crippen LogP contribution < -0.4 is 10.6 Å². The van der Waals surface area contributed by atoms with Gasteiger partial charge in [-0.1, -0.05) is 12.8 Å². The minimum atomic E-state index is -4.16. The summed E-state index contributed by atoms with van der Waals surface area (Å²) < 4.78 is 42.6. The molecule has 0 spiro atoms. The van der Waals surface area contributed by atoms with Crippen molar-refractivity contribution in [1.29, 1.82) is 0 Å². The van der Waals surface area contributed by atoms with Gasteiger partial charge in [0.1, 0.15) is 5.60 Å². The Balaban J connectivity index is 2.46. The third kappa shape index (κ3) is 9.03. The topological polar surface area (TPSA) is 50.4 Å². The van der Waals surface area contributed by atoms with E-state index >= 15 is 0 Å². The molecule has 1 fully saturated rings. The monoisotopic (exact) mass is 338 g/mol. The van der Waals surface area contributed by atoms with Crippen molar-refractivity contribution in [3.05, 3.63) is 0 Å². The molecule has 0 aliphatic heterocycles. The molecule has 0 bridgehead atoms. The minimum Gasteiger partial charge on any atom is -0.444 e. The molecule has 3 unspecified atom stereocenters. The summed E-state index contributed by atoms with van der Waals surface area (Å²) in [4.78, 5) is 11.7. The van der Waals surface area contributed by atoms with Gasteiger partial charge in [-0.2, -0.15) is 13.2 Å². The van der Waals surface area contributed by atoms with Crippen molar-refractivity contribution in [2.75, 3.05) is 6.54 Å². The zero-order chi connectivity index (χ0) is 17.7. The van der Waals surface area contributed by atoms with Gasteiger partial charge in [0.25, 0.3) is 0 Å². The van der Waals surface area contributed by atoms with Crippen LogP contribution in [0.5, 0.6) is 0 Å². The fourth-order valence-electron chi connectivity index (χ4n) is 2.97. The number of carbonyl (C=O) groups excluding carboxylic acids is 1. The number of nitrogens with one attached hydrogen (secondary N) is 2. The van der Waals surface area contributed by atoms with Crippen molar-refractivity contribution in [1.82, 2.24) is 10.6 Å². The number of amides is 1. The molecule has 1 rings (SSSR count). The molecule has 4 nitrogen and oxygen atoms in total. The summed E-state index contributed by atoms with van der Waals surface area (Å²) in [7, 11) is 0. The number of hydrogen-bond acceptors (Lipinski definition) is 3. The average molecular weight is 338 g/mol. The Labute approximate surface area is 136 Å². The Morgan fingerprint density at radius 2 is 1.83 bits per heavy atom. The van der Waals surface area contributed by atoms with Crippen LogP contribution >= 0.6 is 0 Å². The Hall–Kier alpha value is -0.980. The van der Waals surface area contributed by atoms with Crippen LogP contribution in [-0.4, -0.2) is 36.5 Å². The lowest BCUT2D eigenvalue weighted by molar-refractivity contribution is -0.139. The zero-order valence-corrected chi connectivity index (χ0v) is 14.4. The van der Waals surface area contributed by atoms with Crippen LogP contribution in [0.3, 0.4) is 0 Å². The van der Waals surface area contributed by atoms with Crippen LogP contribution in [0.25, 0.3) is 0 Å². The summed E-state index contributed by atoms with van der Waals surface area (Å²) in [6.45, 7) is 7.34.